The molecule has 8 nitrogen and oxygen atoms in total. The number of rotatable bonds is 7. The Morgan fingerprint density at radius 1 is 0.909 bits per heavy atom. The quantitative estimate of drug-likeness (QED) is 0.470. The molecule has 3 rings (SSSR count). The molecule has 1 fully saturated rings. The van der Waals surface area contributed by atoms with Crippen LogP contribution in [-0.2, 0) is 22.7 Å². The van der Waals surface area contributed by atoms with Gasteiger partial charge in [0.05, 0.1) is 11.5 Å². The van der Waals surface area contributed by atoms with Crippen LogP contribution in [0, 0.1) is 11.8 Å². The highest BCUT2D eigenvalue weighted by Crippen LogP contribution is 2.28. The standard InChI is InChI=1S/C16H21NO4.C8H9NO2.ClH/c18-15(19)14-8-6-12(7-9-14)10-17-16(20)21-11-13-4-2-1-3-5-13;9-5-6-1-3-7(4-2-6)8(10)11;/h1-5,12,14H,6-11H2,(H,17,20)(H,18,19);1-4H,5,9H2,(H,10,11);1H. The summed E-state index contributed by atoms with van der Waals surface area (Å²) in [6, 6.07) is 16.0. The van der Waals surface area contributed by atoms with E-state index in [9.17, 15) is 14.4 Å². The first kappa shape index (κ1) is 27.9. The Morgan fingerprint density at radius 3 is 2.03 bits per heavy atom. The number of halogens is 1. The van der Waals surface area contributed by atoms with Gasteiger partial charge in [-0.15, -0.1) is 12.4 Å². The number of benzene rings is 2. The first-order chi connectivity index (χ1) is 15.4. The van der Waals surface area contributed by atoms with Crippen LogP contribution >= 0.6 is 12.4 Å². The Balaban J connectivity index is 0.000000385. The lowest BCUT2D eigenvalue weighted by molar-refractivity contribution is -0.143. The van der Waals surface area contributed by atoms with Crippen molar-refractivity contribution in [2.45, 2.75) is 38.8 Å². The summed E-state index contributed by atoms with van der Waals surface area (Å²) in [5.41, 5.74) is 7.52. The highest BCUT2D eigenvalue weighted by molar-refractivity contribution is 5.87. The van der Waals surface area contributed by atoms with E-state index in [0.29, 0.717) is 37.4 Å². The molecular weight excluding hydrogens is 448 g/mol. The zero-order valence-corrected chi connectivity index (χ0v) is 19.1. The lowest BCUT2D eigenvalue weighted by atomic mass is 9.82. The van der Waals surface area contributed by atoms with Gasteiger partial charge in [0.2, 0.25) is 0 Å². The van der Waals surface area contributed by atoms with Gasteiger partial charge in [-0.2, -0.15) is 0 Å². The highest BCUT2D eigenvalue weighted by Gasteiger charge is 2.26. The van der Waals surface area contributed by atoms with Crippen molar-refractivity contribution in [1.29, 1.82) is 0 Å². The molecular formula is C24H31ClN2O6. The molecule has 0 aliphatic heterocycles. The van der Waals surface area contributed by atoms with Crippen LogP contribution in [0.3, 0.4) is 0 Å². The van der Waals surface area contributed by atoms with E-state index in [4.69, 9.17) is 20.7 Å². The summed E-state index contributed by atoms with van der Waals surface area (Å²) in [6.45, 7) is 1.26. The third kappa shape index (κ3) is 10.4. The summed E-state index contributed by atoms with van der Waals surface area (Å²) in [6.07, 6.45) is 2.66. The molecule has 9 heteroatoms. The van der Waals surface area contributed by atoms with Gasteiger partial charge in [0.1, 0.15) is 6.61 Å². The van der Waals surface area contributed by atoms with Crippen LogP contribution < -0.4 is 11.1 Å². The number of nitrogens with two attached hydrogens (primary N) is 1. The van der Waals surface area contributed by atoms with E-state index in [1.807, 2.05) is 30.3 Å². The molecule has 0 aromatic heterocycles. The topological polar surface area (TPSA) is 139 Å². The normalized spacial score (nSPS) is 16.9. The van der Waals surface area contributed by atoms with E-state index in [2.05, 4.69) is 5.32 Å². The summed E-state index contributed by atoms with van der Waals surface area (Å²) in [4.78, 5) is 32.8. The number of nitrogens with one attached hydrogen (secondary N) is 1. The second-order valence-corrected chi connectivity index (χ2v) is 7.70. The third-order valence-electron chi connectivity index (χ3n) is 5.38. The van der Waals surface area contributed by atoms with Crippen molar-refractivity contribution in [2.24, 2.45) is 17.6 Å². The van der Waals surface area contributed by atoms with Crippen molar-refractivity contribution in [3.63, 3.8) is 0 Å². The van der Waals surface area contributed by atoms with E-state index >= 15 is 0 Å². The molecule has 0 saturated heterocycles. The van der Waals surface area contributed by atoms with E-state index in [0.717, 1.165) is 24.0 Å². The van der Waals surface area contributed by atoms with Gasteiger partial charge in [0.15, 0.2) is 0 Å². The van der Waals surface area contributed by atoms with Gasteiger partial charge < -0.3 is 26.0 Å². The van der Waals surface area contributed by atoms with Gasteiger partial charge >= 0.3 is 18.0 Å². The Bertz CT molecular complexity index is 868. The molecule has 180 valence electrons. The Labute approximate surface area is 199 Å². The SMILES string of the molecule is Cl.NCc1ccc(C(=O)O)cc1.O=C(NCC1CCC(C(=O)O)CC1)OCc1ccccc1. The molecule has 0 bridgehead atoms. The molecule has 2 aromatic carbocycles. The summed E-state index contributed by atoms with van der Waals surface area (Å²) in [7, 11) is 0. The summed E-state index contributed by atoms with van der Waals surface area (Å²) in [5, 5.41) is 20.2. The highest BCUT2D eigenvalue weighted by atomic mass is 35.5. The van der Waals surface area contributed by atoms with Crippen molar-refractivity contribution >= 4 is 30.4 Å². The molecule has 5 N–H and O–H groups in total. The molecule has 1 aliphatic rings. The van der Waals surface area contributed by atoms with Crippen LogP contribution in [0.2, 0.25) is 0 Å². The predicted octanol–water partition coefficient (Wildman–Crippen LogP) is 4.07. The summed E-state index contributed by atoms with van der Waals surface area (Å²) < 4.78 is 5.13. The van der Waals surface area contributed by atoms with Crippen LogP contribution in [0.5, 0.6) is 0 Å². The maximum Gasteiger partial charge on any atom is 0.407 e. The van der Waals surface area contributed by atoms with E-state index < -0.39 is 18.0 Å². The molecule has 0 spiro atoms. The lowest BCUT2D eigenvalue weighted by Crippen LogP contribution is -2.32. The summed E-state index contributed by atoms with van der Waals surface area (Å²) >= 11 is 0. The van der Waals surface area contributed by atoms with Crippen LogP contribution in [0.1, 0.15) is 47.2 Å². The number of aromatic carboxylic acids is 1. The monoisotopic (exact) mass is 478 g/mol. The van der Waals surface area contributed by atoms with Crippen molar-refractivity contribution in [1.82, 2.24) is 5.32 Å². The summed E-state index contributed by atoms with van der Waals surface area (Å²) in [5.74, 6) is -1.48. The average Bonchev–Trinajstić information content (AvgIpc) is 2.82. The average molecular weight is 479 g/mol. The Kier molecular flexibility index (Phi) is 12.6. The lowest BCUT2D eigenvalue weighted by Gasteiger charge is -2.25. The van der Waals surface area contributed by atoms with Crippen molar-refractivity contribution in [2.75, 3.05) is 6.54 Å². The van der Waals surface area contributed by atoms with Gasteiger partial charge in [0.25, 0.3) is 0 Å². The minimum atomic E-state index is -0.909. The number of hydrogen-bond acceptors (Lipinski definition) is 5. The number of carbonyl (C=O) groups is 3. The number of hydrogen-bond donors (Lipinski definition) is 4. The molecule has 0 unspecified atom stereocenters. The molecule has 0 radical (unpaired) electrons. The number of aliphatic carboxylic acids is 1. The van der Waals surface area contributed by atoms with Crippen LogP contribution in [0.15, 0.2) is 54.6 Å². The van der Waals surface area contributed by atoms with Crippen LogP contribution in [0.25, 0.3) is 0 Å². The van der Waals surface area contributed by atoms with E-state index in [1.165, 1.54) is 0 Å². The van der Waals surface area contributed by atoms with Crippen molar-refractivity contribution in [3.8, 4) is 0 Å². The fourth-order valence-corrected chi connectivity index (χ4v) is 3.40. The molecule has 0 atom stereocenters. The zero-order valence-electron chi connectivity index (χ0n) is 18.3. The van der Waals surface area contributed by atoms with Crippen molar-refractivity contribution in [3.05, 3.63) is 71.3 Å². The first-order valence-corrected chi connectivity index (χ1v) is 10.6. The minimum absolute atomic E-state index is 0. The fraction of sp³-hybridized carbons (Fsp3) is 0.375. The van der Waals surface area contributed by atoms with Crippen molar-refractivity contribution < 1.29 is 29.3 Å². The molecule has 1 aliphatic carbocycles. The minimum Gasteiger partial charge on any atom is -0.481 e. The molecule has 2 aromatic rings. The number of amides is 1. The van der Waals surface area contributed by atoms with Crippen LogP contribution in [0.4, 0.5) is 4.79 Å². The third-order valence-corrected chi connectivity index (χ3v) is 5.38. The predicted molar refractivity (Wildman–Crippen MR) is 126 cm³/mol. The maximum atomic E-state index is 11.6. The maximum absolute atomic E-state index is 11.6. The fourth-order valence-electron chi connectivity index (χ4n) is 3.40. The number of carboxylic acid groups (broad SMARTS) is 2. The van der Waals surface area contributed by atoms with Gasteiger partial charge in [-0.05, 0) is 54.9 Å². The smallest absolute Gasteiger partial charge is 0.407 e. The second-order valence-electron chi connectivity index (χ2n) is 7.70. The Hall–Kier alpha value is -3.10. The molecule has 0 heterocycles. The van der Waals surface area contributed by atoms with E-state index in [-0.39, 0.29) is 24.9 Å². The Morgan fingerprint density at radius 2 is 1.52 bits per heavy atom. The van der Waals surface area contributed by atoms with Gasteiger partial charge in [-0.1, -0.05) is 42.5 Å². The number of carbonyl (C=O) groups excluding carboxylic acids is 1. The molecule has 1 saturated carbocycles. The molecule has 1 amide bonds. The molecule has 33 heavy (non-hydrogen) atoms. The van der Waals surface area contributed by atoms with Gasteiger partial charge in [-0.25, -0.2) is 9.59 Å². The van der Waals surface area contributed by atoms with Gasteiger partial charge in [-0.3, -0.25) is 4.79 Å². The van der Waals surface area contributed by atoms with Gasteiger partial charge in [0, 0.05) is 13.1 Å². The number of ether oxygens (including phenoxy) is 1. The number of alkyl carbamates (subject to hydrolysis) is 1. The van der Waals surface area contributed by atoms with Crippen LogP contribution in [-0.4, -0.2) is 34.8 Å². The second kappa shape index (κ2) is 14.9. The number of carboxylic acids is 2. The zero-order chi connectivity index (χ0) is 23.3. The first-order valence-electron chi connectivity index (χ1n) is 10.6. The van der Waals surface area contributed by atoms with E-state index in [1.54, 1.807) is 24.3 Å². The largest absolute Gasteiger partial charge is 0.481 e.